The van der Waals surface area contributed by atoms with Gasteiger partial charge in [0, 0.05) is 36.2 Å². The van der Waals surface area contributed by atoms with Crippen LogP contribution in [0.3, 0.4) is 0 Å². The van der Waals surface area contributed by atoms with E-state index in [-0.39, 0.29) is 39.9 Å². The van der Waals surface area contributed by atoms with Crippen molar-refractivity contribution in [2.75, 3.05) is 18.0 Å². The minimum Gasteiger partial charge on any atom is -0.477 e. The number of likely N-dealkylation sites (tertiary alicyclic amines) is 1. The van der Waals surface area contributed by atoms with Crippen LogP contribution >= 0.6 is 23.1 Å². The molecule has 15 heteroatoms. The standard InChI is InChI=1S/C22H22N6O7S2/c1-9(29)35-26-14(13-8-37-22(23)24-13)17(30)25-15-19(32)28-16(21(33)34)11(7-36-20(15)28)6-10-4-5-27(18(10)31)12-2-3-12/h6,8,12,15,20H,2-5,7H2,1H3,(H2,23,24)(H,25,30)(H,33,34)/b10-6?,26-14-/t15-,20-/m1/s1. The average Bonchev–Trinajstić information content (AvgIpc) is 3.51. The fourth-order valence-corrected chi connectivity index (χ4v) is 6.24. The second-order valence-electron chi connectivity index (χ2n) is 8.78. The summed E-state index contributed by atoms with van der Waals surface area (Å²) >= 11 is 2.32. The summed E-state index contributed by atoms with van der Waals surface area (Å²) in [5.41, 5.74) is 6.04. The van der Waals surface area contributed by atoms with Crippen molar-refractivity contribution >= 4 is 63.6 Å². The fraction of sp³-hybridized carbons (Fsp3) is 0.409. The van der Waals surface area contributed by atoms with E-state index in [0.717, 1.165) is 36.0 Å². The van der Waals surface area contributed by atoms with Gasteiger partial charge in [0.25, 0.3) is 11.8 Å². The number of anilines is 1. The lowest BCUT2D eigenvalue weighted by molar-refractivity contribution is -0.150. The maximum atomic E-state index is 13.0. The second-order valence-corrected chi connectivity index (χ2v) is 10.8. The van der Waals surface area contributed by atoms with Gasteiger partial charge in [-0.2, -0.15) is 0 Å². The van der Waals surface area contributed by atoms with Gasteiger partial charge in [0.05, 0.1) is 0 Å². The topological polar surface area (TPSA) is 185 Å². The molecule has 3 aliphatic heterocycles. The molecule has 0 unspecified atom stereocenters. The van der Waals surface area contributed by atoms with Gasteiger partial charge in [0.15, 0.2) is 10.8 Å². The summed E-state index contributed by atoms with van der Waals surface area (Å²) in [6.07, 6.45) is 4.08. The molecule has 0 bridgehead atoms. The summed E-state index contributed by atoms with van der Waals surface area (Å²) in [5, 5.41) is 16.9. The van der Waals surface area contributed by atoms with Crippen LogP contribution in [0.4, 0.5) is 5.13 Å². The number of nitrogen functional groups attached to an aromatic ring is 1. The number of amides is 3. The zero-order valence-corrected chi connectivity index (χ0v) is 21.1. The molecule has 4 aliphatic rings. The molecule has 2 atom stereocenters. The van der Waals surface area contributed by atoms with Crippen molar-refractivity contribution in [2.24, 2.45) is 5.16 Å². The summed E-state index contributed by atoms with van der Waals surface area (Å²) in [6.45, 7) is 1.72. The zero-order valence-electron chi connectivity index (χ0n) is 19.5. The van der Waals surface area contributed by atoms with Crippen LogP contribution in [0.15, 0.2) is 33.5 Å². The highest BCUT2D eigenvalue weighted by Gasteiger charge is 2.54. The Balaban J connectivity index is 1.35. The number of thiazole rings is 1. The molecule has 0 radical (unpaired) electrons. The molecule has 4 heterocycles. The number of nitrogens with one attached hydrogen (secondary N) is 1. The summed E-state index contributed by atoms with van der Waals surface area (Å²) in [7, 11) is 0. The number of hydrogen-bond donors (Lipinski definition) is 3. The maximum Gasteiger partial charge on any atom is 0.352 e. The fourth-order valence-electron chi connectivity index (χ4n) is 4.39. The first-order chi connectivity index (χ1) is 17.7. The number of aromatic nitrogens is 1. The molecule has 1 saturated carbocycles. The van der Waals surface area contributed by atoms with Crippen LogP contribution in [-0.2, 0) is 28.8 Å². The Morgan fingerprint density at radius 3 is 2.70 bits per heavy atom. The molecular formula is C22H22N6O7S2. The van der Waals surface area contributed by atoms with Crippen LogP contribution < -0.4 is 11.1 Å². The number of hydrogen-bond acceptors (Lipinski definition) is 11. The van der Waals surface area contributed by atoms with Crippen LogP contribution in [0, 0.1) is 0 Å². The van der Waals surface area contributed by atoms with E-state index in [0.29, 0.717) is 24.1 Å². The van der Waals surface area contributed by atoms with Gasteiger partial charge < -0.3 is 25.9 Å². The smallest absolute Gasteiger partial charge is 0.352 e. The number of nitrogens with zero attached hydrogens (tertiary/aromatic N) is 4. The Hall–Kier alpha value is -3.72. The number of nitrogens with two attached hydrogens (primary N) is 1. The number of carboxylic acid groups (broad SMARTS) is 1. The van der Waals surface area contributed by atoms with Crippen molar-refractivity contribution in [3.8, 4) is 0 Å². The molecule has 5 rings (SSSR count). The van der Waals surface area contributed by atoms with E-state index in [2.05, 4.69) is 20.3 Å². The first-order valence-electron chi connectivity index (χ1n) is 11.4. The SMILES string of the molecule is CC(=O)O/N=C(\C(=O)N[C@@H]1C(=O)N2C(C(=O)O)=C(C=C3CCN(C4CC4)C3=O)CS[C@H]12)c1csc(N)n1. The van der Waals surface area contributed by atoms with Crippen molar-refractivity contribution in [3.63, 3.8) is 0 Å². The number of aliphatic carboxylic acids is 1. The Bertz CT molecular complexity index is 1310. The molecule has 0 aromatic carbocycles. The van der Waals surface area contributed by atoms with E-state index < -0.39 is 35.2 Å². The molecule has 3 fully saturated rings. The maximum absolute atomic E-state index is 13.0. The molecule has 2 saturated heterocycles. The van der Waals surface area contributed by atoms with E-state index in [4.69, 9.17) is 5.73 Å². The molecule has 1 aromatic rings. The van der Waals surface area contributed by atoms with Gasteiger partial charge in [-0.05, 0) is 30.9 Å². The van der Waals surface area contributed by atoms with Crippen molar-refractivity contribution in [2.45, 2.75) is 43.6 Å². The summed E-state index contributed by atoms with van der Waals surface area (Å²) in [5.74, 6) is -3.37. The molecule has 1 aliphatic carbocycles. The molecule has 194 valence electrons. The minimum absolute atomic E-state index is 0.0580. The predicted octanol–water partition coefficient (Wildman–Crippen LogP) is 0.0522. The molecule has 13 nitrogen and oxygen atoms in total. The zero-order chi connectivity index (χ0) is 26.4. The highest BCUT2D eigenvalue weighted by molar-refractivity contribution is 8.00. The number of carbonyl (C=O) groups is 5. The van der Waals surface area contributed by atoms with E-state index in [1.165, 1.54) is 17.1 Å². The van der Waals surface area contributed by atoms with Gasteiger partial charge in [-0.3, -0.25) is 19.3 Å². The number of carbonyl (C=O) groups excluding carboxylic acids is 4. The number of β-lactam (4-membered cyclic amide) rings is 1. The lowest BCUT2D eigenvalue weighted by Gasteiger charge is -2.49. The number of carboxylic acids is 1. The third-order valence-corrected chi connectivity index (χ3v) is 8.20. The van der Waals surface area contributed by atoms with Gasteiger partial charge in [-0.1, -0.05) is 5.16 Å². The van der Waals surface area contributed by atoms with Crippen LogP contribution in [0.25, 0.3) is 0 Å². The third-order valence-electron chi connectivity index (χ3n) is 6.23. The van der Waals surface area contributed by atoms with Gasteiger partial charge >= 0.3 is 11.9 Å². The van der Waals surface area contributed by atoms with E-state index >= 15 is 0 Å². The van der Waals surface area contributed by atoms with Gasteiger partial charge in [0.1, 0.15) is 22.8 Å². The van der Waals surface area contributed by atoms with Crippen molar-refractivity contribution in [3.05, 3.63) is 34.0 Å². The largest absolute Gasteiger partial charge is 0.477 e. The van der Waals surface area contributed by atoms with Gasteiger partial charge in [-0.15, -0.1) is 23.1 Å². The van der Waals surface area contributed by atoms with Crippen molar-refractivity contribution in [1.82, 2.24) is 20.1 Å². The molecule has 0 spiro atoms. The Morgan fingerprint density at radius 2 is 2.08 bits per heavy atom. The lowest BCUT2D eigenvalue weighted by Crippen LogP contribution is -2.71. The highest BCUT2D eigenvalue weighted by Crippen LogP contribution is 2.41. The van der Waals surface area contributed by atoms with Gasteiger partial charge in [0.2, 0.25) is 5.91 Å². The minimum atomic E-state index is -1.30. The molecule has 1 aromatic heterocycles. The second kappa shape index (κ2) is 9.63. The monoisotopic (exact) mass is 546 g/mol. The third kappa shape index (κ3) is 4.71. The van der Waals surface area contributed by atoms with Crippen LogP contribution in [0.5, 0.6) is 0 Å². The first-order valence-corrected chi connectivity index (χ1v) is 13.3. The first kappa shape index (κ1) is 25.0. The van der Waals surface area contributed by atoms with E-state index in [1.54, 1.807) is 6.08 Å². The number of allylic oxidation sites excluding steroid dienone is 1. The van der Waals surface area contributed by atoms with E-state index in [1.807, 2.05) is 4.90 Å². The van der Waals surface area contributed by atoms with Crippen molar-refractivity contribution < 1.29 is 33.9 Å². The van der Waals surface area contributed by atoms with Crippen LogP contribution in [0.2, 0.25) is 0 Å². The van der Waals surface area contributed by atoms with Crippen LogP contribution in [-0.4, -0.2) is 85.0 Å². The number of thioether (sulfide) groups is 1. The number of oxime groups is 1. The van der Waals surface area contributed by atoms with E-state index in [9.17, 15) is 29.1 Å². The number of fused-ring (bicyclic) bond motifs is 1. The Labute approximate surface area is 218 Å². The Kier molecular flexibility index (Phi) is 6.49. The lowest BCUT2D eigenvalue weighted by atomic mass is 10.0. The molecule has 37 heavy (non-hydrogen) atoms. The van der Waals surface area contributed by atoms with Crippen molar-refractivity contribution in [1.29, 1.82) is 0 Å². The molecular weight excluding hydrogens is 524 g/mol. The van der Waals surface area contributed by atoms with Gasteiger partial charge in [-0.25, -0.2) is 14.6 Å². The average molecular weight is 547 g/mol. The quantitative estimate of drug-likeness (QED) is 0.139. The molecule has 4 N–H and O–H groups in total. The predicted molar refractivity (Wildman–Crippen MR) is 132 cm³/mol. The Morgan fingerprint density at radius 1 is 1.32 bits per heavy atom. The summed E-state index contributed by atoms with van der Waals surface area (Å²) in [6, 6.07) is -0.772. The molecule has 3 amide bonds. The number of rotatable bonds is 7. The van der Waals surface area contributed by atoms with Crippen LogP contribution in [0.1, 0.15) is 31.9 Å². The summed E-state index contributed by atoms with van der Waals surface area (Å²) < 4.78 is 0. The normalized spacial score (nSPS) is 24.8. The summed E-state index contributed by atoms with van der Waals surface area (Å²) in [4.78, 5) is 73.6. The highest BCUT2D eigenvalue weighted by atomic mass is 32.2.